The maximum atomic E-state index is 14.0. The molecular formula is C18H29FN2. The number of halogens is 1. The minimum Gasteiger partial charge on any atom is -0.308 e. The van der Waals surface area contributed by atoms with E-state index in [2.05, 4.69) is 44.5 Å². The largest absolute Gasteiger partial charge is 0.308 e. The van der Waals surface area contributed by atoms with Crippen molar-refractivity contribution in [1.82, 2.24) is 10.2 Å². The zero-order valence-electron chi connectivity index (χ0n) is 13.9. The van der Waals surface area contributed by atoms with Crippen molar-refractivity contribution in [3.63, 3.8) is 0 Å². The molecule has 0 aliphatic carbocycles. The highest BCUT2D eigenvalue weighted by molar-refractivity contribution is 5.25. The van der Waals surface area contributed by atoms with Gasteiger partial charge in [-0.15, -0.1) is 6.58 Å². The molecular weight excluding hydrogens is 263 g/mol. The molecule has 0 amide bonds. The van der Waals surface area contributed by atoms with E-state index in [-0.39, 0.29) is 11.4 Å². The fourth-order valence-corrected chi connectivity index (χ4v) is 2.20. The van der Waals surface area contributed by atoms with E-state index in [4.69, 9.17) is 0 Å². The molecule has 3 heteroatoms. The van der Waals surface area contributed by atoms with Crippen LogP contribution in [0.4, 0.5) is 4.39 Å². The Hall–Kier alpha value is -1.19. The van der Waals surface area contributed by atoms with Crippen molar-refractivity contribution < 1.29 is 4.39 Å². The van der Waals surface area contributed by atoms with Gasteiger partial charge in [0.2, 0.25) is 0 Å². The number of rotatable bonds is 8. The second-order valence-corrected chi connectivity index (χ2v) is 6.55. The van der Waals surface area contributed by atoms with Crippen LogP contribution < -0.4 is 5.32 Å². The monoisotopic (exact) mass is 292 g/mol. The van der Waals surface area contributed by atoms with E-state index >= 15 is 0 Å². The third-order valence-electron chi connectivity index (χ3n) is 3.25. The maximum Gasteiger partial charge on any atom is 0.127 e. The predicted octanol–water partition coefficient (Wildman–Crippen LogP) is 4.11. The smallest absolute Gasteiger partial charge is 0.127 e. The first kappa shape index (κ1) is 17.9. The van der Waals surface area contributed by atoms with Crippen molar-refractivity contribution in [2.75, 3.05) is 13.1 Å². The van der Waals surface area contributed by atoms with Gasteiger partial charge in [-0.05, 0) is 45.4 Å². The number of hydrogen-bond donors (Lipinski definition) is 1. The van der Waals surface area contributed by atoms with Gasteiger partial charge in [-0.25, -0.2) is 4.39 Å². The molecule has 0 aliphatic rings. The average molecular weight is 292 g/mol. The lowest BCUT2D eigenvalue weighted by Gasteiger charge is -2.22. The molecule has 0 atom stereocenters. The van der Waals surface area contributed by atoms with Gasteiger partial charge in [-0.1, -0.05) is 25.1 Å². The van der Waals surface area contributed by atoms with E-state index in [0.717, 1.165) is 37.2 Å². The fraction of sp³-hybridized carbons (Fsp3) is 0.556. The molecule has 0 heterocycles. The maximum absolute atomic E-state index is 14.0. The summed E-state index contributed by atoms with van der Waals surface area (Å²) in [6.45, 7) is 15.4. The lowest BCUT2D eigenvalue weighted by Crippen LogP contribution is -2.35. The van der Waals surface area contributed by atoms with Crippen molar-refractivity contribution in [1.29, 1.82) is 0 Å². The Balaban J connectivity index is 2.78. The lowest BCUT2D eigenvalue weighted by molar-refractivity contribution is 0.290. The summed E-state index contributed by atoms with van der Waals surface area (Å²) in [4.78, 5) is 2.21. The molecule has 1 aromatic rings. The molecule has 2 nitrogen and oxygen atoms in total. The highest BCUT2D eigenvalue weighted by Gasteiger charge is 2.11. The molecule has 0 radical (unpaired) electrons. The number of nitrogens with one attached hydrogen (secondary N) is 1. The standard InChI is InChI=1S/C18H29FN2/c1-6-10-21(11-7-2)14-16-12-15(8-9-17(16)19)13-20-18(3,4)5/h6,8-9,12,20H,1,7,10-11,13-14H2,2-5H3. The first-order valence-electron chi connectivity index (χ1n) is 7.71. The van der Waals surface area contributed by atoms with Crippen LogP contribution in [0.3, 0.4) is 0 Å². The summed E-state index contributed by atoms with van der Waals surface area (Å²) in [5, 5.41) is 3.44. The summed E-state index contributed by atoms with van der Waals surface area (Å²) in [7, 11) is 0. The minimum absolute atomic E-state index is 0.0611. The normalized spacial score (nSPS) is 11.9. The third kappa shape index (κ3) is 6.87. The molecule has 1 rings (SSSR count). The van der Waals surface area contributed by atoms with E-state index in [1.165, 1.54) is 0 Å². The van der Waals surface area contributed by atoms with Gasteiger partial charge in [-0.2, -0.15) is 0 Å². The van der Waals surface area contributed by atoms with Crippen LogP contribution in [0.1, 0.15) is 45.2 Å². The second-order valence-electron chi connectivity index (χ2n) is 6.55. The molecule has 0 saturated heterocycles. The Morgan fingerprint density at radius 1 is 1.33 bits per heavy atom. The SMILES string of the molecule is C=CCN(CCC)Cc1cc(CNC(C)(C)C)ccc1F. The summed E-state index contributed by atoms with van der Waals surface area (Å²) >= 11 is 0. The molecule has 0 fully saturated rings. The van der Waals surface area contributed by atoms with Crippen molar-refractivity contribution in [3.8, 4) is 0 Å². The third-order valence-corrected chi connectivity index (χ3v) is 3.25. The predicted molar refractivity (Wildman–Crippen MR) is 88.8 cm³/mol. The van der Waals surface area contributed by atoms with E-state index in [1.807, 2.05) is 18.2 Å². The van der Waals surface area contributed by atoms with Gasteiger partial charge in [-0.3, -0.25) is 4.90 Å². The van der Waals surface area contributed by atoms with Gasteiger partial charge >= 0.3 is 0 Å². The zero-order valence-corrected chi connectivity index (χ0v) is 13.9. The molecule has 0 aliphatic heterocycles. The second kappa shape index (κ2) is 8.30. The van der Waals surface area contributed by atoms with Gasteiger partial charge in [0.1, 0.15) is 5.82 Å². The van der Waals surface area contributed by atoms with Crippen molar-refractivity contribution in [3.05, 3.63) is 47.8 Å². The molecule has 1 N–H and O–H groups in total. The van der Waals surface area contributed by atoms with Crippen molar-refractivity contribution in [2.24, 2.45) is 0 Å². The zero-order chi connectivity index (χ0) is 15.9. The first-order chi connectivity index (χ1) is 9.85. The van der Waals surface area contributed by atoms with Gasteiger partial charge in [0, 0.05) is 30.7 Å². The van der Waals surface area contributed by atoms with Crippen LogP contribution in [0, 0.1) is 5.82 Å². The van der Waals surface area contributed by atoms with Crippen LogP contribution >= 0.6 is 0 Å². The highest BCUT2D eigenvalue weighted by atomic mass is 19.1. The van der Waals surface area contributed by atoms with Crippen LogP contribution in [0.2, 0.25) is 0 Å². The quantitative estimate of drug-likeness (QED) is 0.725. The number of benzene rings is 1. The molecule has 0 saturated carbocycles. The van der Waals surface area contributed by atoms with Gasteiger partial charge in [0.15, 0.2) is 0 Å². The van der Waals surface area contributed by atoms with Gasteiger partial charge in [0.25, 0.3) is 0 Å². The Bertz CT molecular complexity index is 449. The summed E-state index contributed by atoms with van der Waals surface area (Å²) in [6, 6.07) is 5.40. The molecule has 0 unspecified atom stereocenters. The van der Waals surface area contributed by atoms with E-state index in [1.54, 1.807) is 6.07 Å². The van der Waals surface area contributed by atoms with Gasteiger partial charge in [0.05, 0.1) is 0 Å². The molecule has 0 aromatic heterocycles. The summed E-state index contributed by atoms with van der Waals surface area (Å²) in [5.74, 6) is -0.125. The van der Waals surface area contributed by atoms with E-state index in [0.29, 0.717) is 6.54 Å². The van der Waals surface area contributed by atoms with Crippen LogP contribution in [-0.4, -0.2) is 23.5 Å². The van der Waals surface area contributed by atoms with E-state index < -0.39 is 0 Å². The topological polar surface area (TPSA) is 15.3 Å². The van der Waals surface area contributed by atoms with Crippen molar-refractivity contribution in [2.45, 2.75) is 52.7 Å². The van der Waals surface area contributed by atoms with Crippen molar-refractivity contribution >= 4 is 0 Å². The number of hydrogen-bond acceptors (Lipinski definition) is 2. The molecule has 0 bridgehead atoms. The Labute approximate surface area is 129 Å². The average Bonchev–Trinajstić information content (AvgIpc) is 2.39. The summed E-state index contributed by atoms with van der Waals surface area (Å²) < 4.78 is 14.0. The highest BCUT2D eigenvalue weighted by Crippen LogP contribution is 2.14. The Morgan fingerprint density at radius 2 is 2.05 bits per heavy atom. The molecule has 21 heavy (non-hydrogen) atoms. The fourth-order valence-electron chi connectivity index (χ4n) is 2.20. The van der Waals surface area contributed by atoms with Crippen LogP contribution in [0.5, 0.6) is 0 Å². The first-order valence-corrected chi connectivity index (χ1v) is 7.71. The summed E-state index contributed by atoms with van der Waals surface area (Å²) in [6.07, 6.45) is 2.93. The molecule has 1 aromatic carbocycles. The lowest BCUT2D eigenvalue weighted by atomic mass is 10.1. The minimum atomic E-state index is -0.125. The number of nitrogens with zero attached hydrogens (tertiary/aromatic N) is 1. The molecule has 0 spiro atoms. The van der Waals surface area contributed by atoms with Gasteiger partial charge < -0.3 is 5.32 Å². The van der Waals surface area contributed by atoms with Crippen LogP contribution in [0.25, 0.3) is 0 Å². The van der Waals surface area contributed by atoms with Crippen LogP contribution in [0.15, 0.2) is 30.9 Å². The Kier molecular flexibility index (Phi) is 7.06. The summed E-state index contributed by atoms with van der Waals surface area (Å²) in [5.41, 5.74) is 1.95. The van der Waals surface area contributed by atoms with E-state index in [9.17, 15) is 4.39 Å². The van der Waals surface area contributed by atoms with Crippen LogP contribution in [-0.2, 0) is 13.1 Å². The Morgan fingerprint density at radius 3 is 2.62 bits per heavy atom. The molecule has 118 valence electrons.